The third-order valence-corrected chi connectivity index (χ3v) is 4.34. The van der Waals surface area contributed by atoms with E-state index in [2.05, 4.69) is 24.1 Å². The van der Waals surface area contributed by atoms with Crippen LogP contribution in [0.5, 0.6) is 0 Å². The zero-order valence-electron chi connectivity index (χ0n) is 13.1. The van der Waals surface area contributed by atoms with Crippen molar-refractivity contribution in [1.29, 1.82) is 0 Å². The van der Waals surface area contributed by atoms with Crippen molar-refractivity contribution in [2.75, 3.05) is 11.9 Å². The fourth-order valence-corrected chi connectivity index (χ4v) is 2.97. The lowest BCUT2D eigenvalue weighted by Crippen LogP contribution is -2.20. The summed E-state index contributed by atoms with van der Waals surface area (Å²) in [6, 6.07) is 3.33. The fraction of sp³-hybridized carbons (Fsp3) is 0.647. The van der Waals surface area contributed by atoms with Gasteiger partial charge in [-0.1, -0.05) is 33.1 Å². The Labute approximate surface area is 127 Å². The molecule has 1 aromatic rings. The van der Waals surface area contributed by atoms with Crippen molar-refractivity contribution in [3.05, 3.63) is 23.4 Å². The van der Waals surface area contributed by atoms with Gasteiger partial charge in [0.1, 0.15) is 5.82 Å². The van der Waals surface area contributed by atoms with Crippen molar-refractivity contribution in [2.45, 2.75) is 52.4 Å². The molecule has 4 nitrogen and oxygen atoms in total. The minimum Gasteiger partial charge on any atom is -0.478 e. The van der Waals surface area contributed by atoms with Gasteiger partial charge in [0.15, 0.2) is 0 Å². The SMILES string of the molecule is CCCc1cc(C(=O)O)cc(NCC2CCC(C)CC2)n1. The first-order valence-electron chi connectivity index (χ1n) is 8.06. The number of nitrogens with zero attached hydrogens (tertiary/aromatic N) is 1. The first-order chi connectivity index (χ1) is 10.1. The highest BCUT2D eigenvalue weighted by molar-refractivity contribution is 5.88. The van der Waals surface area contributed by atoms with Gasteiger partial charge in [0.25, 0.3) is 0 Å². The Hall–Kier alpha value is -1.58. The van der Waals surface area contributed by atoms with E-state index in [0.29, 0.717) is 17.3 Å². The summed E-state index contributed by atoms with van der Waals surface area (Å²) in [5.41, 5.74) is 1.19. The molecule has 0 aliphatic heterocycles. The van der Waals surface area contributed by atoms with Gasteiger partial charge in [-0.15, -0.1) is 0 Å². The maximum absolute atomic E-state index is 11.2. The topological polar surface area (TPSA) is 62.2 Å². The summed E-state index contributed by atoms with van der Waals surface area (Å²) in [5, 5.41) is 12.5. The average Bonchev–Trinajstić information content (AvgIpc) is 2.47. The van der Waals surface area contributed by atoms with Crippen LogP contribution in [0.1, 0.15) is 62.0 Å². The van der Waals surface area contributed by atoms with Crippen molar-refractivity contribution in [3.63, 3.8) is 0 Å². The molecule has 4 heteroatoms. The van der Waals surface area contributed by atoms with Gasteiger partial charge in [0.2, 0.25) is 0 Å². The monoisotopic (exact) mass is 290 g/mol. The van der Waals surface area contributed by atoms with E-state index in [9.17, 15) is 9.90 Å². The number of carbonyl (C=O) groups is 1. The Kier molecular flexibility index (Phi) is 5.59. The zero-order valence-corrected chi connectivity index (χ0v) is 13.1. The normalized spacial score (nSPS) is 22.0. The molecule has 116 valence electrons. The summed E-state index contributed by atoms with van der Waals surface area (Å²) in [6.45, 7) is 5.29. The van der Waals surface area contributed by atoms with E-state index < -0.39 is 5.97 Å². The molecule has 0 unspecified atom stereocenters. The minimum atomic E-state index is -0.885. The van der Waals surface area contributed by atoms with Crippen LogP contribution in [0.15, 0.2) is 12.1 Å². The molecule has 0 saturated heterocycles. The quantitative estimate of drug-likeness (QED) is 0.832. The third-order valence-electron chi connectivity index (χ3n) is 4.34. The first-order valence-corrected chi connectivity index (χ1v) is 8.06. The molecule has 0 bridgehead atoms. The van der Waals surface area contributed by atoms with Gasteiger partial charge in [0.05, 0.1) is 5.56 Å². The number of carboxylic acid groups (broad SMARTS) is 1. The maximum Gasteiger partial charge on any atom is 0.335 e. The van der Waals surface area contributed by atoms with E-state index in [0.717, 1.165) is 31.0 Å². The number of anilines is 1. The van der Waals surface area contributed by atoms with Crippen LogP contribution in [0.2, 0.25) is 0 Å². The lowest BCUT2D eigenvalue weighted by molar-refractivity contribution is 0.0696. The Morgan fingerprint density at radius 1 is 1.33 bits per heavy atom. The van der Waals surface area contributed by atoms with Gasteiger partial charge >= 0.3 is 5.97 Å². The van der Waals surface area contributed by atoms with E-state index in [4.69, 9.17) is 0 Å². The standard InChI is InChI=1S/C17H26N2O2/c1-3-4-15-9-14(17(20)21)10-16(19-15)18-11-13-7-5-12(2)6-8-13/h9-10,12-13H,3-8,11H2,1-2H3,(H,18,19)(H,20,21). The molecule has 0 atom stereocenters. The van der Waals surface area contributed by atoms with Crippen LogP contribution in [0.4, 0.5) is 5.82 Å². The van der Waals surface area contributed by atoms with Crippen LogP contribution in [0, 0.1) is 11.8 Å². The molecule has 1 fully saturated rings. The number of hydrogen-bond acceptors (Lipinski definition) is 3. The van der Waals surface area contributed by atoms with Gasteiger partial charge in [0, 0.05) is 12.2 Å². The minimum absolute atomic E-state index is 0.327. The molecule has 2 N–H and O–H groups in total. The van der Waals surface area contributed by atoms with E-state index in [1.165, 1.54) is 25.7 Å². The summed E-state index contributed by atoms with van der Waals surface area (Å²) in [4.78, 5) is 15.7. The maximum atomic E-state index is 11.2. The second-order valence-corrected chi connectivity index (χ2v) is 6.29. The van der Waals surface area contributed by atoms with Crippen LogP contribution in [-0.4, -0.2) is 22.6 Å². The van der Waals surface area contributed by atoms with Crippen LogP contribution < -0.4 is 5.32 Å². The van der Waals surface area contributed by atoms with Crippen LogP contribution in [0.25, 0.3) is 0 Å². The van der Waals surface area contributed by atoms with Crippen LogP contribution in [-0.2, 0) is 6.42 Å². The van der Waals surface area contributed by atoms with Crippen molar-refractivity contribution in [3.8, 4) is 0 Å². The first kappa shape index (κ1) is 15.8. The number of aromatic nitrogens is 1. The Morgan fingerprint density at radius 3 is 2.67 bits per heavy atom. The Morgan fingerprint density at radius 2 is 2.05 bits per heavy atom. The van der Waals surface area contributed by atoms with Crippen molar-refractivity contribution < 1.29 is 9.90 Å². The largest absolute Gasteiger partial charge is 0.478 e. The van der Waals surface area contributed by atoms with Gasteiger partial charge < -0.3 is 10.4 Å². The van der Waals surface area contributed by atoms with Crippen molar-refractivity contribution in [1.82, 2.24) is 4.98 Å². The number of carboxylic acids is 1. The molecule has 1 heterocycles. The second kappa shape index (κ2) is 7.43. The fourth-order valence-electron chi connectivity index (χ4n) is 2.97. The number of nitrogens with one attached hydrogen (secondary N) is 1. The van der Waals surface area contributed by atoms with Crippen LogP contribution in [0.3, 0.4) is 0 Å². The summed E-state index contributed by atoms with van der Waals surface area (Å²) in [5.74, 6) is 1.36. The van der Waals surface area contributed by atoms with Gasteiger partial charge in [-0.3, -0.25) is 0 Å². The molecular weight excluding hydrogens is 264 g/mol. The highest BCUT2D eigenvalue weighted by atomic mass is 16.4. The molecular formula is C17H26N2O2. The van der Waals surface area contributed by atoms with Crippen molar-refractivity contribution in [2.24, 2.45) is 11.8 Å². The van der Waals surface area contributed by atoms with Gasteiger partial charge in [-0.25, -0.2) is 9.78 Å². The van der Waals surface area contributed by atoms with E-state index in [1.807, 2.05) is 0 Å². The lowest BCUT2D eigenvalue weighted by Gasteiger charge is -2.26. The number of aryl methyl sites for hydroxylation is 1. The number of pyridine rings is 1. The van der Waals surface area contributed by atoms with Gasteiger partial charge in [-0.2, -0.15) is 0 Å². The summed E-state index contributed by atoms with van der Waals surface area (Å²) < 4.78 is 0. The molecule has 21 heavy (non-hydrogen) atoms. The molecule has 1 saturated carbocycles. The van der Waals surface area contributed by atoms with E-state index in [-0.39, 0.29) is 0 Å². The molecule has 0 aromatic carbocycles. The van der Waals surface area contributed by atoms with E-state index >= 15 is 0 Å². The molecule has 1 aliphatic rings. The van der Waals surface area contributed by atoms with Crippen LogP contribution >= 0.6 is 0 Å². The number of hydrogen-bond donors (Lipinski definition) is 2. The molecule has 2 rings (SSSR count). The summed E-state index contributed by atoms with van der Waals surface area (Å²) in [7, 11) is 0. The zero-order chi connectivity index (χ0) is 15.2. The average molecular weight is 290 g/mol. The van der Waals surface area contributed by atoms with Crippen molar-refractivity contribution >= 4 is 11.8 Å². The molecule has 0 spiro atoms. The summed E-state index contributed by atoms with van der Waals surface area (Å²) in [6.07, 6.45) is 6.90. The smallest absolute Gasteiger partial charge is 0.335 e. The highest BCUT2D eigenvalue weighted by Gasteiger charge is 2.18. The lowest BCUT2D eigenvalue weighted by atomic mass is 9.83. The molecule has 0 radical (unpaired) electrons. The number of aromatic carboxylic acids is 1. The van der Waals surface area contributed by atoms with Gasteiger partial charge in [-0.05, 0) is 43.2 Å². The summed E-state index contributed by atoms with van der Waals surface area (Å²) >= 11 is 0. The molecule has 1 aromatic heterocycles. The molecule has 1 aliphatic carbocycles. The highest BCUT2D eigenvalue weighted by Crippen LogP contribution is 2.28. The Balaban J connectivity index is 1.99. The predicted octanol–water partition coefficient (Wildman–Crippen LogP) is 3.97. The molecule has 0 amide bonds. The van der Waals surface area contributed by atoms with E-state index in [1.54, 1.807) is 12.1 Å². The predicted molar refractivity (Wildman–Crippen MR) is 84.8 cm³/mol. The number of rotatable bonds is 6. The Bertz CT molecular complexity index is 480. The second-order valence-electron chi connectivity index (χ2n) is 6.29. The third kappa shape index (κ3) is 4.73.